The first-order valence-corrected chi connectivity index (χ1v) is 3.93. The van der Waals surface area contributed by atoms with Crippen LogP contribution in [-0.2, 0) is 13.6 Å². The molecule has 1 unspecified atom stereocenters. The van der Waals surface area contributed by atoms with Crippen LogP contribution in [0.25, 0.3) is 0 Å². The number of hydrogen-bond donors (Lipinski definition) is 1. The molecule has 1 atom stereocenters. The van der Waals surface area contributed by atoms with Crippen molar-refractivity contribution in [2.75, 3.05) is 0 Å². The molecule has 0 amide bonds. The van der Waals surface area contributed by atoms with Crippen molar-refractivity contribution in [2.24, 2.45) is 7.05 Å². The van der Waals surface area contributed by atoms with Gasteiger partial charge in [-0.25, -0.2) is 0 Å². The van der Waals surface area contributed by atoms with E-state index in [0.717, 1.165) is 12.2 Å². The van der Waals surface area contributed by atoms with Crippen molar-refractivity contribution < 1.29 is 0 Å². The van der Waals surface area contributed by atoms with Gasteiger partial charge in [-0.3, -0.25) is 4.68 Å². The van der Waals surface area contributed by atoms with E-state index in [2.05, 4.69) is 29.1 Å². The summed E-state index contributed by atoms with van der Waals surface area (Å²) in [5, 5.41) is 10.9. The predicted molar refractivity (Wildman–Crippen MR) is 47.5 cm³/mol. The third kappa shape index (κ3) is 2.17. The third-order valence-corrected chi connectivity index (χ3v) is 1.77. The smallest absolute Gasteiger partial charge is 0.0738 e. The first kappa shape index (κ1) is 8.93. The summed E-state index contributed by atoms with van der Waals surface area (Å²) in [4.78, 5) is 0. The van der Waals surface area contributed by atoms with E-state index in [0.29, 0.717) is 6.04 Å². The van der Waals surface area contributed by atoms with Crippen LogP contribution in [0.5, 0.6) is 0 Å². The maximum absolute atomic E-state index is 3.82. The predicted octanol–water partition coefficient (Wildman–Crippen LogP) is 0.479. The molecular weight excluding hydrogens is 152 g/mol. The van der Waals surface area contributed by atoms with E-state index in [1.165, 1.54) is 0 Å². The molecule has 0 radical (unpaired) electrons. The number of nitrogens with zero attached hydrogens (tertiary/aromatic N) is 3. The molecule has 4 heteroatoms. The lowest BCUT2D eigenvalue weighted by Gasteiger charge is -2.07. The highest BCUT2D eigenvalue weighted by Gasteiger charge is 2.00. The fourth-order valence-corrected chi connectivity index (χ4v) is 0.820. The number of hydrogen-bond acceptors (Lipinski definition) is 3. The van der Waals surface area contributed by atoms with E-state index in [-0.39, 0.29) is 0 Å². The number of aromatic nitrogens is 3. The van der Waals surface area contributed by atoms with Crippen LogP contribution in [0.1, 0.15) is 12.6 Å². The highest BCUT2D eigenvalue weighted by Crippen LogP contribution is 1.93. The standard InChI is InChI=1S/C8H14N4/c1-4-7(2)9-5-8-6-10-11-12(8)3/h4,6-7,9H,1,5H2,2-3H3. The molecule has 1 aromatic rings. The Morgan fingerprint density at radius 1 is 1.83 bits per heavy atom. The Labute approximate surface area is 72.3 Å². The van der Waals surface area contributed by atoms with Crippen LogP contribution in [0, 0.1) is 0 Å². The van der Waals surface area contributed by atoms with Crippen molar-refractivity contribution in [3.8, 4) is 0 Å². The molecule has 1 N–H and O–H groups in total. The Balaban J connectivity index is 2.43. The first-order chi connectivity index (χ1) is 5.74. The molecule has 0 fully saturated rings. The van der Waals surface area contributed by atoms with Crippen molar-refractivity contribution in [1.82, 2.24) is 20.3 Å². The van der Waals surface area contributed by atoms with Gasteiger partial charge in [0.2, 0.25) is 0 Å². The van der Waals surface area contributed by atoms with E-state index in [1.807, 2.05) is 13.1 Å². The molecule has 12 heavy (non-hydrogen) atoms. The van der Waals surface area contributed by atoms with Gasteiger partial charge in [0.1, 0.15) is 0 Å². The molecule has 1 heterocycles. The third-order valence-electron chi connectivity index (χ3n) is 1.77. The molecule has 0 aliphatic heterocycles. The van der Waals surface area contributed by atoms with E-state index in [9.17, 15) is 0 Å². The van der Waals surface area contributed by atoms with Crippen molar-refractivity contribution in [3.05, 3.63) is 24.5 Å². The molecule has 4 nitrogen and oxygen atoms in total. The number of rotatable bonds is 4. The van der Waals surface area contributed by atoms with Gasteiger partial charge in [-0.05, 0) is 6.92 Å². The van der Waals surface area contributed by atoms with Crippen LogP contribution < -0.4 is 5.32 Å². The van der Waals surface area contributed by atoms with Crippen molar-refractivity contribution in [1.29, 1.82) is 0 Å². The van der Waals surface area contributed by atoms with Gasteiger partial charge >= 0.3 is 0 Å². The zero-order valence-corrected chi connectivity index (χ0v) is 7.49. The van der Waals surface area contributed by atoms with Crippen LogP contribution in [0.4, 0.5) is 0 Å². The molecule has 0 aliphatic rings. The molecule has 0 aromatic carbocycles. The first-order valence-electron chi connectivity index (χ1n) is 3.93. The Morgan fingerprint density at radius 3 is 3.08 bits per heavy atom. The Kier molecular flexibility index (Phi) is 2.99. The van der Waals surface area contributed by atoms with Crippen LogP contribution in [-0.4, -0.2) is 21.0 Å². The summed E-state index contributed by atoms with van der Waals surface area (Å²) in [6.45, 7) is 6.51. The molecule has 0 spiro atoms. The normalized spacial score (nSPS) is 12.8. The quantitative estimate of drug-likeness (QED) is 0.661. The van der Waals surface area contributed by atoms with Crippen molar-refractivity contribution in [3.63, 3.8) is 0 Å². The average molecular weight is 166 g/mol. The SMILES string of the molecule is C=CC(C)NCc1cnnn1C. The van der Waals surface area contributed by atoms with Gasteiger partial charge < -0.3 is 5.32 Å². The van der Waals surface area contributed by atoms with Crippen LogP contribution >= 0.6 is 0 Å². The van der Waals surface area contributed by atoms with Gasteiger partial charge in [0, 0.05) is 19.6 Å². The second-order valence-electron chi connectivity index (χ2n) is 2.75. The maximum atomic E-state index is 3.82. The van der Waals surface area contributed by atoms with E-state index >= 15 is 0 Å². The van der Waals surface area contributed by atoms with Gasteiger partial charge in [-0.15, -0.1) is 11.7 Å². The maximum Gasteiger partial charge on any atom is 0.0738 e. The zero-order chi connectivity index (χ0) is 8.97. The Bertz CT molecular complexity index is 253. The van der Waals surface area contributed by atoms with Crippen molar-refractivity contribution in [2.45, 2.75) is 19.5 Å². The topological polar surface area (TPSA) is 42.7 Å². The summed E-state index contributed by atoms with van der Waals surface area (Å²) < 4.78 is 1.75. The lowest BCUT2D eigenvalue weighted by atomic mass is 10.3. The van der Waals surface area contributed by atoms with Gasteiger partial charge in [0.15, 0.2) is 0 Å². The second kappa shape index (κ2) is 4.01. The van der Waals surface area contributed by atoms with Crippen molar-refractivity contribution >= 4 is 0 Å². The van der Waals surface area contributed by atoms with E-state index in [4.69, 9.17) is 0 Å². The highest BCUT2D eigenvalue weighted by atomic mass is 15.4. The van der Waals surface area contributed by atoms with Gasteiger partial charge in [0.05, 0.1) is 11.9 Å². The Morgan fingerprint density at radius 2 is 2.58 bits per heavy atom. The highest BCUT2D eigenvalue weighted by molar-refractivity contribution is 4.94. The van der Waals surface area contributed by atoms with E-state index < -0.39 is 0 Å². The summed E-state index contributed by atoms with van der Waals surface area (Å²) in [6, 6.07) is 0.319. The molecule has 66 valence electrons. The minimum absolute atomic E-state index is 0.319. The monoisotopic (exact) mass is 166 g/mol. The van der Waals surface area contributed by atoms with Gasteiger partial charge in [-0.2, -0.15) is 0 Å². The van der Waals surface area contributed by atoms with Gasteiger partial charge in [0.25, 0.3) is 0 Å². The van der Waals surface area contributed by atoms with Gasteiger partial charge in [-0.1, -0.05) is 11.3 Å². The molecule has 1 aromatic heterocycles. The minimum atomic E-state index is 0.319. The lowest BCUT2D eigenvalue weighted by molar-refractivity contribution is 0.587. The second-order valence-corrected chi connectivity index (χ2v) is 2.75. The lowest BCUT2D eigenvalue weighted by Crippen LogP contribution is -2.24. The van der Waals surface area contributed by atoms with Crippen LogP contribution in [0.2, 0.25) is 0 Å². The summed E-state index contributed by atoms with van der Waals surface area (Å²) in [5.41, 5.74) is 1.07. The largest absolute Gasteiger partial charge is 0.305 e. The molecule has 0 saturated heterocycles. The molecule has 0 saturated carbocycles. The summed E-state index contributed by atoms with van der Waals surface area (Å²) in [7, 11) is 1.88. The van der Waals surface area contributed by atoms with Crippen LogP contribution in [0.15, 0.2) is 18.9 Å². The minimum Gasteiger partial charge on any atom is -0.305 e. The Hall–Kier alpha value is -1.16. The molecule has 0 aliphatic carbocycles. The average Bonchev–Trinajstić information content (AvgIpc) is 2.47. The molecule has 1 rings (SSSR count). The molecule has 0 bridgehead atoms. The van der Waals surface area contributed by atoms with E-state index in [1.54, 1.807) is 10.9 Å². The summed E-state index contributed by atoms with van der Waals surface area (Å²) in [6.07, 6.45) is 3.62. The van der Waals surface area contributed by atoms with Crippen LogP contribution in [0.3, 0.4) is 0 Å². The fraction of sp³-hybridized carbons (Fsp3) is 0.500. The summed E-state index contributed by atoms with van der Waals surface area (Å²) >= 11 is 0. The molecular formula is C8H14N4. The number of nitrogens with one attached hydrogen (secondary N) is 1. The number of aryl methyl sites for hydroxylation is 1. The summed E-state index contributed by atoms with van der Waals surface area (Å²) in [5.74, 6) is 0. The fourth-order valence-electron chi connectivity index (χ4n) is 0.820. The zero-order valence-electron chi connectivity index (χ0n) is 7.49.